The lowest BCUT2D eigenvalue weighted by molar-refractivity contribution is -0.140. The molecule has 0 spiro atoms. The number of hydrogen-bond donors (Lipinski definition) is 4. The Morgan fingerprint density at radius 3 is 2.04 bits per heavy atom. The van der Waals surface area contributed by atoms with Crippen molar-refractivity contribution in [1.82, 2.24) is 45.3 Å². The number of aryl methyl sites for hydroxylation is 2. The average Bonchev–Trinajstić information content (AvgIpc) is 4.32. The van der Waals surface area contributed by atoms with Gasteiger partial charge in [-0.05, 0) is 95.2 Å². The summed E-state index contributed by atoms with van der Waals surface area (Å²) < 4.78 is 10.3. The van der Waals surface area contributed by atoms with E-state index in [0.717, 1.165) is 88.0 Å². The zero-order valence-electron chi connectivity index (χ0n) is 43.8. The Bertz CT molecular complexity index is 3310. The van der Waals surface area contributed by atoms with Crippen molar-refractivity contribution >= 4 is 40.4 Å². The van der Waals surface area contributed by atoms with Crippen molar-refractivity contribution in [2.45, 2.75) is 82.5 Å². The van der Waals surface area contributed by atoms with Crippen molar-refractivity contribution in [1.29, 1.82) is 0 Å². The van der Waals surface area contributed by atoms with Gasteiger partial charge in [-0.25, -0.2) is 14.8 Å². The van der Waals surface area contributed by atoms with Crippen molar-refractivity contribution in [3.63, 3.8) is 0 Å². The fraction of sp³-hybridized carbons (Fsp3) is 0.361. The third kappa shape index (κ3) is 10.6. The minimum Gasteiger partial charge on any atom is -0.453 e. The molecule has 4 N–H and O–H groups in total. The standard InChI is InChI=1S/C61H65N9O7/c1-37(2)53(67-61(75)76-3)60(74)70-27-11-17-50(70)58-63-47-25-23-44-33-43(22-24-46(44)55(47)66-58)40-18-19-42-34-45(21-20-41(42)32-40)48-35-62-57(64-48)49-16-10-26-69(49)59(73)52(38-12-6-4-7-13-38)56(72)54(39-14-8-5-9-15-39)65-51(71)36-68-28-30-77-31-29-68/h4-9,12-15,18-22,24,32-35,37,49-50,52-54H,10-11,16-17,23,25-31,36H2,1-3H3,(H,62,64)(H,63,66)(H,65,71)(H,67,75). The number of ether oxygens (including phenoxy) is 2. The van der Waals surface area contributed by atoms with Gasteiger partial charge in [0.1, 0.15) is 29.7 Å². The summed E-state index contributed by atoms with van der Waals surface area (Å²) in [4.78, 5) is 92.3. The fourth-order valence-electron chi connectivity index (χ4n) is 11.8. The number of nitrogens with one attached hydrogen (secondary N) is 4. The molecule has 5 heterocycles. The molecule has 0 radical (unpaired) electrons. The first-order valence-corrected chi connectivity index (χ1v) is 27.0. The molecule has 2 aromatic heterocycles. The van der Waals surface area contributed by atoms with E-state index in [1.807, 2.05) is 90.5 Å². The molecule has 396 valence electrons. The van der Waals surface area contributed by atoms with Crippen molar-refractivity contribution in [3.8, 4) is 33.6 Å². The van der Waals surface area contributed by atoms with Gasteiger partial charge in [0.25, 0.3) is 0 Å². The van der Waals surface area contributed by atoms with Crippen molar-refractivity contribution in [3.05, 3.63) is 155 Å². The van der Waals surface area contributed by atoms with Crippen LogP contribution in [-0.4, -0.2) is 123 Å². The van der Waals surface area contributed by atoms with E-state index in [2.05, 4.69) is 75.2 Å². The molecule has 4 aliphatic rings. The van der Waals surface area contributed by atoms with E-state index in [1.54, 1.807) is 4.90 Å². The molecule has 5 atom stereocenters. The molecule has 0 bridgehead atoms. The number of benzene rings is 5. The molecule has 0 saturated carbocycles. The molecule has 77 heavy (non-hydrogen) atoms. The summed E-state index contributed by atoms with van der Waals surface area (Å²) in [6.07, 6.45) is 5.93. The molecule has 16 heteroatoms. The maximum atomic E-state index is 15.0. The number of hydrogen-bond acceptors (Lipinski definition) is 10. The molecular formula is C61H65N9O7. The molecule has 1 aliphatic carbocycles. The first-order chi connectivity index (χ1) is 37.5. The maximum absolute atomic E-state index is 15.0. The highest BCUT2D eigenvalue weighted by molar-refractivity contribution is 6.10. The van der Waals surface area contributed by atoms with E-state index in [9.17, 15) is 19.2 Å². The molecule has 3 saturated heterocycles. The second-order valence-corrected chi connectivity index (χ2v) is 21.1. The van der Waals surface area contributed by atoms with E-state index in [-0.39, 0.29) is 42.3 Å². The van der Waals surface area contributed by atoms with Gasteiger partial charge < -0.3 is 39.9 Å². The van der Waals surface area contributed by atoms with Crippen molar-refractivity contribution < 1.29 is 33.4 Å². The molecule has 3 aliphatic heterocycles. The first-order valence-electron chi connectivity index (χ1n) is 27.0. The second kappa shape index (κ2) is 22.3. The number of aromatic nitrogens is 4. The number of fused-ring (bicyclic) bond motifs is 4. The predicted molar refractivity (Wildman–Crippen MR) is 292 cm³/mol. The number of likely N-dealkylation sites (tertiary alicyclic amines) is 2. The number of aromatic amines is 2. The minimum atomic E-state index is -1.17. The fourth-order valence-corrected chi connectivity index (χ4v) is 11.8. The number of amides is 4. The lowest BCUT2D eigenvalue weighted by Gasteiger charge is -2.31. The summed E-state index contributed by atoms with van der Waals surface area (Å²) in [6.45, 7) is 7.36. The number of methoxy groups -OCH3 is 1. The number of imidazole rings is 2. The number of Topliss-reactive ketones (excluding diaryl/α,β-unsaturated/α-hetero) is 1. The normalized spacial score (nSPS) is 18.6. The summed E-state index contributed by atoms with van der Waals surface area (Å²) in [5.74, 6) is -0.964. The topological polar surface area (TPSA) is 195 Å². The van der Waals surface area contributed by atoms with Crippen LogP contribution in [0.1, 0.15) is 97.6 Å². The summed E-state index contributed by atoms with van der Waals surface area (Å²) in [7, 11) is 1.30. The van der Waals surface area contributed by atoms with Crippen LogP contribution >= 0.6 is 0 Å². The molecular weight excluding hydrogens is 971 g/mol. The zero-order chi connectivity index (χ0) is 53.2. The number of rotatable bonds is 15. The Hall–Kier alpha value is -7.95. The molecule has 5 aromatic carbocycles. The molecule has 11 rings (SSSR count). The van der Waals surface area contributed by atoms with Crippen LogP contribution in [0.25, 0.3) is 44.4 Å². The van der Waals surface area contributed by atoms with E-state index in [1.165, 1.54) is 12.7 Å². The summed E-state index contributed by atoms with van der Waals surface area (Å²) in [6, 6.07) is 35.5. The molecule has 4 amide bonds. The number of ketones is 1. The minimum absolute atomic E-state index is 0.113. The summed E-state index contributed by atoms with van der Waals surface area (Å²) >= 11 is 0. The van der Waals surface area contributed by atoms with Gasteiger partial charge in [-0.1, -0.05) is 117 Å². The zero-order valence-corrected chi connectivity index (χ0v) is 43.8. The summed E-state index contributed by atoms with van der Waals surface area (Å²) in [5.41, 5.74) is 9.52. The highest BCUT2D eigenvalue weighted by Gasteiger charge is 2.43. The summed E-state index contributed by atoms with van der Waals surface area (Å²) in [5, 5.41) is 7.92. The van der Waals surface area contributed by atoms with Gasteiger partial charge in [-0.2, -0.15) is 0 Å². The molecule has 16 nitrogen and oxygen atoms in total. The van der Waals surface area contributed by atoms with Crippen LogP contribution in [0.5, 0.6) is 0 Å². The molecule has 7 aromatic rings. The Balaban J connectivity index is 0.793. The van der Waals surface area contributed by atoms with Gasteiger partial charge in [0.15, 0.2) is 5.78 Å². The van der Waals surface area contributed by atoms with Crippen LogP contribution in [0.3, 0.4) is 0 Å². The number of carbonyl (C=O) groups excluding carboxylic acids is 5. The van der Waals surface area contributed by atoms with Crippen LogP contribution in [0.4, 0.5) is 4.79 Å². The van der Waals surface area contributed by atoms with Gasteiger partial charge >= 0.3 is 6.09 Å². The lowest BCUT2D eigenvalue weighted by Crippen LogP contribution is -2.51. The van der Waals surface area contributed by atoms with Gasteiger partial charge in [-0.3, -0.25) is 24.1 Å². The van der Waals surface area contributed by atoms with E-state index >= 15 is 4.79 Å². The largest absolute Gasteiger partial charge is 0.453 e. The first kappa shape index (κ1) is 51.2. The Morgan fingerprint density at radius 2 is 1.34 bits per heavy atom. The van der Waals surface area contributed by atoms with Crippen molar-refractivity contribution in [2.24, 2.45) is 5.92 Å². The average molecular weight is 1040 g/mol. The van der Waals surface area contributed by atoms with Crippen LogP contribution in [0.15, 0.2) is 121 Å². The van der Waals surface area contributed by atoms with Gasteiger partial charge in [0.05, 0.1) is 56.5 Å². The number of carbonyl (C=O) groups is 5. The van der Waals surface area contributed by atoms with Crippen LogP contribution < -0.4 is 10.6 Å². The number of alkyl carbamates (subject to hydrolysis) is 1. The van der Waals surface area contributed by atoms with Crippen LogP contribution in [0.2, 0.25) is 0 Å². The number of H-pyrrole nitrogens is 2. The maximum Gasteiger partial charge on any atom is 0.407 e. The van der Waals surface area contributed by atoms with Gasteiger partial charge in [0, 0.05) is 43.0 Å². The number of morpholine rings is 1. The third-order valence-corrected chi connectivity index (χ3v) is 15.8. The van der Waals surface area contributed by atoms with Crippen molar-refractivity contribution in [2.75, 3.05) is 53.0 Å². The Labute approximate surface area is 448 Å². The van der Waals surface area contributed by atoms with E-state index in [0.29, 0.717) is 62.8 Å². The highest BCUT2D eigenvalue weighted by atomic mass is 16.5. The Morgan fingerprint density at radius 1 is 0.701 bits per heavy atom. The smallest absolute Gasteiger partial charge is 0.407 e. The van der Waals surface area contributed by atoms with E-state index in [4.69, 9.17) is 19.4 Å². The van der Waals surface area contributed by atoms with Crippen LogP contribution in [-0.2, 0) is 41.5 Å². The number of nitrogens with zero attached hydrogens (tertiary/aromatic N) is 5. The molecule has 3 fully saturated rings. The predicted octanol–water partition coefficient (Wildman–Crippen LogP) is 8.64. The monoisotopic (exact) mass is 1040 g/mol. The quantitative estimate of drug-likeness (QED) is 0.0722. The van der Waals surface area contributed by atoms with E-state index < -0.39 is 29.9 Å². The Kier molecular flexibility index (Phi) is 14.8. The van der Waals surface area contributed by atoms with Gasteiger partial charge in [0.2, 0.25) is 17.7 Å². The third-order valence-electron chi connectivity index (χ3n) is 15.8. The lowest BCUT2D eigenvalue weighted by atomic mass is 9.86. The van der Waals surface area contributed by atoms with Gasteiger partial charge in [-0.15, -0.1) is 0 Å². The second-order valence-electron chi connectivity index (χ2n) is 21.1. The SMILES string of the molecule is COC(=O)NC(C(=O)N1CCCC1c1nc2c([nH]1)CCc1cc(-c3ccc4cc(-c5cnc(C6CCCN6C(=O)C(C(=O)C(NC(=O)CN6CCOCC6)c6ccccc6)c6ccccc6)[nH]5)ccc4c3)ccc1-2)C(C)C. The highest BCUT2D eigenvalue weighted by Crippen LogP contribution is 2.40. The molecule has 5 unspecified atom stereocenters. The van der Waals surface area contributed by atoms with Crippen LogP contribution in [0, 0.1) is 5.92 Å².